The third kappa shape index (κ3) is 6.20. The molecule has 2 N–H and O–H groups in total. The summed E-state index contributed by atoms with van der Waals surface area (Å²) >= 11 is 3.17. The van der Waals surface area contributed by atoms with Crippen LogP contribution in [0.5, 0.6) is 5.75 Å². The van der Waals surface area contributed by atoms with Crippen molar-refractivity contribution in [3.05, 3.63) is 28.5 Å². The Labute approximate surface area is 156 Å². The molecular formula is C16H23BrClFN2O3. The number of amides is 1. The normalized spacial score (nSPS) is 16.1. The summed E-state index contributed by atoms with van der Waals surface area (Å²) in [6.45, 7) is 2.77. The van der Waals surface area contributed by atoms with E-state index in [1.165, 1.54) is 12.1 Å². The van der Waals surface area contributed by atoms with Gasteiger partial charge in [0.05, 0.1) is 6.61 Å². The lowest BCUT2D eigenvalue weighted by molar-refractivity contribution is -0.124. The van der Waals surface area contributed by atoms with Gasteiger partial charge < -0.3 is 20.1 Å². The standard InChI is InChI=1S/C16H22BrFN2O3.ClH/c1-22-11-16(4-6-19-7-5-16)10-20-15(21)9-23-14-3-2-12(17)8-13(14)18;/h2-3,8,19H,4-7,9-11H2,1H3,(H,20,21);1H. The molecule has 1 amide bonds. The number of carbonyl (C=O) groups excluding carboxylic acids is 1. The highest BCUT2D eigenvalue weighted by atomic mass is 79.9. The van der Waals surface area contributed by atoms with Crippen LogP contribution in [0.1, 0.15) is 12.8 Å². The lowest BCUT2D eigenvalue weighted by Gasteiger charge is -2.37. The number of nitrogens with one attached hydrogen (secondary N) is 2. The lowest BCUT2D eigenvalue weighted by Crippen LogP contribution is -2.47. The van der Waals surface area contributed by atoms with E-state index < -0.39 is 5.82 Å². The first-order valence-corrected chi connectivity index (χ1v) is 8.38. The molecule has 24 heavy (non-hydrogen) atoms. The Hall–Kier alpha value is -0.890. The SMILES string of the molecule is COCC1(CNC(=O)COc2ccc(Br)cc2F)CCNCC1.Cl. The van der Waals surface area contributed by atoms with Crippen LogP contribution in [0, 0.1) is 11.2 Å². The Bertz CT molecular complexity index is 537. The van der Waals surface area contributed by atoms with Gasteiger partial charge in [0.15, 0.2) is 18.2 Å². The van der Waals surface area contributed by atoms with Crippen LogP contribution >= 0.6 is 28.3 Å². The van der Waals surface area contributed by atoms with Gasteiger partial charge in [0.2, 0.25) is 0 Å². The number of carbonyl (C=O) groups is 1. The van der Waals surface area contributed by atoms with E-state index in [2.05, 4.69) is 26.6 Å². The molecule has 1 heterocycles. The molecule has 5 nitrogen and oxygen atoms in total. The van der Waals surface area contributed by atoms with E-state index in [4.69, 9.17) is 9.47 Å². The molecule has 1 aromatic rings. The molecule has 1 fully saturated rings. The second kappa shape index (κ2) is 10.2. The van der Waals surface area contributed by atoms with Gasteiger partial charge >= 0.3 is 0 Å². The minimum absolute atomic E-state index is 0. The van der Waals surface area contributed by atoms with Gasteiger partial charge in [-0.05, 0) is 44.1 Å². The maximum atomic E-state index is 13.6. The number of hydrogen-bond donors (Lipinski definition) is 2. The van der Waals surface area contributed by atoms with E-state index in [-0.39, 0.29) is 36.1 Å². The molecule has 0 unspecified atom stereocenters. The maximum Gasteiger partial charge on any atom is 0.257 e. The van der Waals surface area contributed by atoms with Gasteiger partial charge in [-0.2, -0.15) is 0 Å². The molecular weight excluding hydrogens is 403 g/mol. The van der Waals surface area contributed by atoms with Crippen LogP contribution in [-0.4, -0.2) is 45.9 Å². The summed E-state index contributed by atoms with van der Waals surface area (Å²) < 4.78 is 24.8. The van der Waals surface area contributed by atoms with Crippen LogP contribution in [0.4, 0.5) is 4.39 Å². The quantitative estimate of drug-likeness (QED) is 0.705. The molecule has 8 heteroatoms. The Morgan fingerprint density at radius 1 is 1.42 bits per heavy atom. The van der Waals surface area contributed by atoms with Crippen molar-refractivity contribution in [3.8, 4) is 5.75 Å². The summed E-state index contributed by atoms with van der Waals surface area (Å²) in [7, 11) is 1.67. The van der Waals surface area contributed by atoms with Crippen molar-refractivity contribution in [2.45, 2.75) is 12.8 Å². The van der Waals surface area contributed by atoms with Gasteiger partial charge in [0.25, 0.3) is 5.91 Å². The van der Waals surface area contributed by atoms with Crippen LogP contribution in [0.3, 0.4) is 0 Å². The second-order valence-electron chi connectivity index (χ2n) is 5.82. The number of halogens is 3. The fraction of sp³-hybridized carbons (Fsp3) is 0.562. The predicted molar refractivity (Wildman–Crippen MR) is 96.3 cm³/mol. The van der Waals surface area contributed by atoms with Crippen molar-refractivity contribution in [3.63, 3.8) is 0 Å². The average Bonchev–Trinajstić information content (AvgIpc) is 2.53. The zero-order valence-electron chi connectivity index (χ0n) is 13.6. The van der Waals surface area contributed by atoms with Gasteiger partial charge in [0.1, 0.15) is 0 Å². The molecule has 136 valence electrons. The van der Waals surface area contributed by atoms with Crippen LogP contribution in [-0.2, 0) is 9.53 Å². The molecule has 0 bridgehead atoms. The van der Waals surface area contributed by atoms with Gasteiger partial charge in [0, 0.05) is 23.5 Å². The number of hydrogen-bond acceptors (Lipinski definition) is 4. The van der Waals surface area contributed by atoms with E-state index >= 15 is 0 Å². The molecule has 0 aromatic heterocycles. The molecule has 1 aliphatic heterocycles. The smallest absolute Gasteiger partial charge is 0.257 e. The largest absolute Gasteiger partial charge is 0.481 e. The summed E-state index contributed by atoms with van der Waals surface area (Å²) in [6, 6.07) is 4.46. The van der Waals surface area contributed by atoms with Crippen molar-refractivity contribution in [2.24, 2.45) is 5.41 Å². The minimum atomic E-state index is -0.499. The highest BCUT2D eigenvalue weighted by molar-refractivity contribution is 9.10. The molecule has 1 aromatic carbocycles. The van der Waals surface area contributed by atoms with Crippen molar-refractivity contribution in [1.29, 1.82) is 0 Å². The first-order chi connectivity index (χ1) is 11.0. The summed E-state index contributed by atoms with van der Waals surface area (Å²) in [5.74, 6) is -0.695. The molecule has 0 atom stereocenters. The Kier molecular flexibility index (Phi) is 8.97. The second-order valence-corrected chi connectivity index (χ2v) is 6.74. The van der Waals surface area contributed by atoms with Crippen LogP contribution < -0.4 is 15.4 Å². The summed E-state index contributed by atoms with van der Waals surface area (Å²) in [5, 5.41) is 6.18. The number of piperidine rings is 1. The third-order valence-corrected chi connectivity index (χ3v) is 4.52. The van der Waals surface area contributed by atoms with Gasteiger partial charge in [-0.15, -0.1) is 12.4 Å². The Balaban J connectivity index is 0.00000288. The van der Waals surface area contributed by atoms with E-state index in [9.17, 15) is 9.18 Å². The van der Waals surface area contributed by atoms with Gasteiger partial charge in [-0.3, -0.25) is 4.79 Å². The summed E-state index contributed by atoms with van der Waals surface area (Å²) in [6.07, 6.45) is 1.90. The van der Waals surface area contributed by atoms with Gasteiger partial charge in [-0.1, -0.05) is 15.9 Å². The maximum absolute atomic E-state index is 13.6. The number of rotatable bonds is 7. The van der Waals surface area contributed by atoms with Crippen molar-refractivity contribution < 1.29 is 18.7 Å². The first kappa shape index (κ1) is 21.2. The minimum Gasteiger partial charge on any atom is -0.481 e. The molecule has 1 saturated heterocycles. The fourth-order valence-corrected chi connectivity index (χ4v) is 3.04. The third-order valence-electron chi connectivity index (χ3n) is 4.03. The molecule has 2 rings (SSSR count). The molecule has 0 aliphatic carbocycles. The average molecular weight is 426 g/mol. The summed E-state index contributed by atoms with van der Waals surface area (Å²) in [5.41, 5.74) is -0.0431. The lowest BCUT2D eigenvalue weighted by atomic mass is 9.79. The van der Waals surface area contributed by atoms with Crippen molar-refractivity contribution >= 4 is 34.2 Å². The molecule has 0 radical (unpaired) electrons. The Morgan fingerprint density at radius 3 is 2.75 bits per heavy atom. The predicted octanol–water partition coefficient (Wildman–Crippen LogP) is 2.52. The van der Waals surface area contributed by atoms with Crippen molar-refractivity contribution in [2.75, 3.05) is 40.0 Å². The zero-order chi connectivity index (χ0) is 16.7. The number of benzene rings is 1. The molecule has 1 aliphatic rings. The van der Waals surface area contributed by atoms with Crippen LogP contribution in [0.15, 0.2) is 22.7 Å². The highest BCUT2D eigenvalue weighted by Crippen LogP contribution is 2.28. The van der Waals surface area contributed by atoms with Crippen LogP contribution in [0.2, 0.25) is 0 Å². The molecule has 0 saturated carbocycles. The molecule has 0 spiro atoms. The highest BCUT2D eigenvalue weighted by Gasteiger charge is 2.32. The van der Waals surface area contributed by atoms with E-state index in [1.54, 1.807) is 13.2 Å². The zero-order valence-corrected chi connectivity index (χ0v) is 16.0. The van der Waals surface area contributed by atoms with Crippen molar-refractivity contribution in [1.82, 2.24) is 10.6 Å². The summed E-state index contributed by atoms with van der Waals surface area (Å²) in [4.78, 5) is 12.0. The number of ether oxygens (including phenoxy) is 2. The fourth-order valence-electron chi connectivity index (χ4n) is 2.71. The first-order valence-electron chi connectivity index (χ1n) is 7.59. The number of methoxy groups -OCH3 is 1. The van der Waals surface area contributed by atoms with E-state index in [0.29, 0.717) is 17.6 Å². The van der Waals surface area contributed by atoms with E-state index in [1.807, 2.05) is 0 Å². The topological polar surface area (TPSA) is 59.6 Å². The van der Waals surface area contributed by atoms with Crippen LogP contribution in [0.25, 0.3) is 0 Å². The Morgan fingerprint density at radius 2 is 2.12 bits per heavy atom. The monoisotopic (exact) mass is 424 g/mol. The van der Waals surface area contributed by atoms with Gasteiger partial charge in [-0.25, -0.2) is 4.39 Å². The van der Waals surface area contributed by atoms with E-state index in [0.717, 1.165) is 25.9 Å².